The molecule has 0 aliphatic rings. The van der Waals surface area contributed by atoms with Crippen molar-refractivity contribution in [1.29, 1.82) is 5.26 Å². The van der Waals surface area contributed by atoms with Crippen molar-refractivity contribution in [2.24, 2.45) is 0 Å². The predicted octanol–water partition coefficient (Wildman–Crippen LogP) is 2.11. The van der Waals surface area contributed by atoms with Gasteiger partial charge in [0, 0.05) is 4.90 Å². The number of nitrogens with zero attached hydrogens (tertiary/aromatic N) is 1. The van der Waals surface area contributed by atoms with Crippen LogP contribution in [0.5, 0.6) is 0 Å². The molecule has 0 radical (unpaired) electrons. The molecular formula is C8H9N3S2. The highest BCUT2D eigenvalue weighted by molar-refractivity contribution is 8.18. The van der Waals surface area contributed by atoms with Crippen molar-refractivity contribution in [3.8, 4) is 5.40 Å². The summed E-state index contributed by atoms with van der Waals surface area (Å²) in [6, 6.07) is 5.49. The van der Waals surface area contributed by atoms with Gasteiger partial charge >= 0.3 is 0 Å². The van der Waals surface area contributed by atoms with Crippen LogP contribution in [0.1, 0.15) is 0 Å². The monoisotopic (exact) mass is 211 g/mol. The first-order valence-electron chi connectivity index (χ1n) is 3.52. The van der Waals surface area contributed by atoms with Gasteiger partial charge in [-0.25, -0.2) is 0 Å². The number of nitriles is 1. The van der Waals surface area contributed by atoms with Crippen LogP contribution in [0.4, 0.5) is 11.4 Å². The molecule has 0 aromatic heterocycles. The highest BCUT2D eigenvalue weighted by Gasteiger charge is 1.97. The minimum atomic E-state index is 0.590. The maximum Gasteiger partial charge on any atom is 0.134 e. The van der Waals surface area contributed by atoms with Crippen LogP contribution < -0.4 is 11.5 Å². The van der Waals surface area contributed by atoms with Gasteiger partial charge in [-0.3, -0.25) is 0 Å². The average molecular weight is 211 g/mol. The molecule has 0 spiro atoms. The zero-order valence-corrected chi connectivity index (χ0v) is 8.49. The van der Waals surface area contributed by atoms with Crippen LogP contribution >= 0.6 is 23.5 Å². The number of anilines is 2. The lowest BCUT2D eigenvalue weighted by Crippen LogP contribution is -1.93. The fraction of sp³-hybridized carbons (Fsp3) is 0.125. The first kappa shape index (κ1) is 10.1. The van der Waals surface area contributed by atoms with E-state index in [-0.39, 0.29) is 0 Å². The molecule has 0 aliphatic heterocycles. The number of thioether (sulfide) groups is 2. The largest absolute Gasteiger partial charge is 0.397 e. The third kappa shape index (κ3) is 3.09. The fourth-order valence-electron chi connectivity index (χ4n) is 0.766. The van der Waals surface area contributed by atoms with E-state index in [0.29, 0.717) is 16.5 Å². The van der Waals surface area contributed by atoms with Gasteiger partial charge in [-0.2, -0.15) is 5.26 Å². The van der Waals surface area contributed by atoms with E-state index < -0.39 is 0 Å². The average Bonchev–Trinajstić information content (AvgIpc) is 2.12. The number of nitrogens with two attached hydrogens (primary N) is 2. The van der Waals surface area contributed by atoms with Gasteiger partial charge in [0.1, 0.15) is 5.40 Å². The van der Waals surface area contributed by atoms with Crippen LogP contribution in [-0.2, 0) is 0 Å². The van der Waals surface area contributed by atoms with Crippen molar-refractivity contribution < 1.29 is 0 Å². The molecular weight excluding hydrogens is 202 g/mol. The lowest BCUT2D eigenvalue weighted by molar-refractivity contribution is 1.47. The SMILES string of the molecule is N#CSCSc1ccc(N)c(N)c1. The van der Waals surface area contributed by atoms with Crippen molar-refractivity contribution in [2.75, 3.05) is 16.6 Å². The van der Waals surface area contributed by atoms with Gasteiger partial charge in [0.05, 0.1) is 16.5 Å². The van der Waals surface area contributed by atoms with E-state index >= 15 is 0 Å². The van der Waals surface area contributed by atoms with Crippen molar-refractivity contribution in [1.82, 2.24) is 0 Å². The molecule has 0 heterocycles. The van der Waals surface area contributed by atoms with E-state index in [1.165, 1.54) is 11.8 Å². The molecule has 68 valence electrons. The molecule has 1 aromatic rings. The molecule has 0 saturated heterocycles. The van der Waals surface area contributed by atoms with Gasteiger partial charge in [-0.05, 0) is 30.0 Å². The van der Waals surface area contributed by atoms with E-state index in [9.17, 15) is 0 Å². The van der Waals surface area contributed by atoms with E-state index in [1.54, 1.807) is 17.8 Å². The van der Waals surface area contributed by atoms with E-state index in [2.05, 4.69) is 0 Å². The summed E-state index contributed by atoms with van der Waals surface area (Å²) in [5.41, 5.74) is 12.4. The van der Waals surface area contributed by atoms with Gasteiger partial charge in [0.25, 0.3) is 0 Å². The summed E-state index contributed by atoms with van der Waals surface area (Å²) >= 11 is 2.78. The molecule has 1 aromatic carbocycles. The smallest absolute Gasteiger partial charge is 0.134 e. The molecule has 0 bridgehead atoms. The third-order valence-corrected chi connectivity index (χ3v) is 3.07. The summed E-state index contributed by atoms with van der Waals surface area (Å²) in [7, 11) is 0. The van der Waals surface area contributed by atoms with Gasteiger partial charge in [0.2, 0.25) is 0 Å². The Balaban J connectivity index is 2.59. The molecule has 5 heteroatoms. The second-order valence-electron chi connectivity index (χ2n) is 2.29. The van der Waals surface area contributed by atoms with Crippen LogP contribution in [0.15, 0.2) is 23.1 Å². The molecule has 0 saturated carbocycles. The summed E-state index contributed by atoms with van der Waals surface area (Å²) in [6.07, 6.45) is 0. The van der Waals surface area contributed by atoms with Gasteiger partial charge in [-0.1, -0.05) is 0 Å². The van der Waals surface area contributed by atoms with Crippen molar-refractivity contribution in [2.45, 2.75) is 4.90 Å². The predicted molar refractivity (Wildman–Crippen MR) is 59.2 cm³/mol. The molecule has 0 amide bonds. The molecule has 0 unspecified atom stereocenters. The summed E-state index contributed by atoms with van der Waals surface area (Å²) < 4.78 is 0. The van der Waals surface area contributed by atoms with Crippen LogP contribution in [0.2, 0.25) is 0 Å². The second-order valence-corrected chi connectivity index (χ2v) is 4.46. The Hall–Kier alpha value is -0.990. The van der Waals surface area contributed by atoms with Crippen molar-refractivity contribution in [3.63, 3.8) is 0 Å². The normalized spacial score (nSPS) is 9.46. The summed E-state index contributed by atoms with van der Waals surface area (Å²) in [6.45, 7) is 0. The number of benzene rings is 1. The Bertz CT molecular complexity index is 333. The number of rotatable bonds is 3. The summed E-state index contributed by atoms with van der Waals surface area (Å²) in [5, 5.41) is 11.0. The number of thiocyanates is 1. The van der Waals surface area contributed by atoms with E-state index in [0.717, 1.165) is 4.90 Å². The zero-order chi connectivity index (χ0) is 9.68. The topological polar surface area (TPSA) is 75.8 Å². The van der Waals surface area contributed by atoms with E-state index in [1.807, 2.05) is 17.5 Å². The van der Waals surface area contributed by atoms with E-state index in [4.69, 9.17) is 16.7 Å². The Morgan fingerprint density at radius 3 is 2.69 bits per heavy atom. The molecule has 0 atom stereocenters. The zero-order valence-electron chi connectivity index (χ0n) is 6.86. The molecule has 4 N–H and O–H groups in total. The standard InChI is InChI=1S/C8H9N3S2/c9-4-12-5-13-6-1-2-7(10)8(11)3-6/h1-3H,5,10-11H2. The Kier molecular flexibility index (Phi) is 3.80. The first-order valence-corrected chi connectivity index (χ1v) is 5.50. The minimum absolute atomic E-state index is 0.590. The molecule has 1 rings (SSSR count). The van der Waals surface area contributed by atoms with Crippen LogP contribution in [0.3, 0.4) is 0 Å². The summed E-state index contributed by atoms with van der Waals surface area (Å²) in [4.78, 5) is 1.04. The Labute approximate surface area is 85.5 Å². The first-order chi connectivity index (χ1) is 6.24. The molecule has 3 nitrogen and oxygen atoms in total. The minimum Gasteiger partial charge on any atom is -0.397 e. The van der Waals surface area contributed by atoms with Crippen LogP contribution in [0.25, 0.3) is 0 Å². The van der Waals surface area contributed by atoms with Gasteiger partial charge in [0.15, 0.2) is 0 Å². The van der Waals surface area contributed by atoms with Gasteiger partial charge < -0.3 is 11.5 Å². The Morgan fingerprint density at radius 1 is 1.31 bits per heavy atom. The summed E-state index contributed by atoms with van der Waals surface area (Å²) in [5.74, 6) is 0. The van der Waals surface area contributed by atoms with Crippen molar-refractivity contribution in [3.05, 3.63) is 18.2 Å². The highest BCUT2D eigenvalue weighted by Crippen LogP contribution is 2.26. The van der Waals surface area contributed by atoms with Crippen LogP contribution in [0, 0.1) is 10.7 Å². The Morgan fingerprint density at radius 2 is 2.08 bits per heavy atom. The number of nitrogen functional groups attached to an aromatic ring is 2. The fourth-order valence-corrected chi connectivity index (χ4v) is 2.13. The third-order valence-electron chi connectivity index (χ3n) is 1.41. The van der Waals surface area contributed by atoms with Crippen molar-refractivity contribution >= 4 is 34.9 Å². The van der Waals surface area contributed by atoms with Crippen LogP contribution in [-0.4, -0.2) is 5.08 Å². The lowest BCUT2D eigenvalue weighted by Gasteiger charge is -2.02. The highest BCUT2D eigenvalue weighted by atomic mass is 32.2. The van der Waals surface area contributed by atoms with Gasteiger partial charge in [-0.15, -0.1) is 11.8 Å². The molecule has 13 heavy (non-hydrogen) atoms. The molecule has 0 aliphatic carbocycles. The quantitative estimate of drug-likeness (QED) is 0.263. The molecule has 0 fully saturated rings. The second kappa shape index (κ2) is 4.90. The maximum absolute atomic E-state index is 8.30. The number of hydrogen-bond acceptors (Lipinski definition) is 5. The number of hydrogen-bond donors (Lipinski definition) is 2. The maximum atomic E-state index is 8.30. The lowest BCUT2D eigenvalue weighted by atomic mass is 10.3.